The fourth-order valence-electron chi connectivity index (χ4n) is 2.50. The lowest BCUT2D eigenvalue weighted by molar-refractivity contribution is 0.396. The Morgan fingerprint density at radius 3 is 2.86 bits per heavy atom. The molecule has 1 aromatic heterocycles. The Morgan fingerprint density at radius 2 is 2.24 bits per heavy atom. The Hall–Kier alpha value is -1.52. The average Bonchev–Trinajstić information content (AvgIpc) is 2.89. The van der Waals surface area contributed by atoms with E-state index < -0.39 is 0 Å². The van der Waals surface area contributed by atoms with Gasteiger partial charge in [0.2, 0.25) is 0 Å². The predicted octanol–water partition coefficient (Wildman–Crippen LogP) is 3.37. The molecule has 2 aromatic rings. The SMILES string of the molecule is CCNC(CCc1cnn(C)c1)c1ccc(Cl)cc1OC. The number of aryl methyl sites for hydroxylation is 2. The Labute approximate surface area is 131 Å². The number of halogens is 1. The summed E-state index contributed by atoms with van der Waals surface area (Å²) in [6.07, 6.45) is 5.93. The van der Waals surface area contributed by atoms with Crippen LogP contribution in [0.15, 0.2) is 30.6 Å². The summed E-state index contributed by atoms with van der Waals surface area (Å²) in [4.78, 5) is 0. The van der Waals surface area contributed by atoms with E-state index in [9.17, 15) is 0 Å². The van der Waals surface area contributed by atoms with Crippen LogP contribution in [0.2, 0.25) is 5.02 Å². The molecule has 0 spiro atoms. The second kappa shape index (κ2) is 7.48. The van der Waals surface area contributed by atoms with Gasteiger partial charge in [-0.25, -0.2) is 0 Å². The highest BCUT2D eigenvalue weighted by atomic mass is 35.5. The van der Waals surface area contributed by atoms with Crippen LogP contribution in [0.25, 0.3) is 0 Å². The summed E-state index contributed by atoms with van der Waals surface area (Å²) in [6.45, 7) is 3.02. The molecule has 1 heterocycles. The molecule has 0 amide bonds. The molecule has 0 saturated carbocycles. The highest BCUT2D eigenvalue weighted by Crippen LogP contribution is 2.30. The maximum Gasteiger partial charge on any atom is 0.125 e. The van der Waals surface area contributed by atoms with Crippen molar-refractivity contribution in [2.24, 2.45) is 7.05 Å². The topological polar surface area (TPSA) is 39.1 Å². The molecule has 4 nitrogen and oxygen atoms in total. The number of methoxy groups -OCH3 is 1. The van der Waals surface area contributed by atoms with Crippen LogP contribution in [0.5, 0.6) is 5.75 Å². The average molecular weight is 308 g/mol. The van der Waals surface area contributed by atoms with Crippen LogP contribution in [0.4, 0.5) is 0 Å². The molecule has 0 bridgehead atoms. The van der Waals surface area contributed by atoms with Gasteiger partial charge in [-0.1, -0.05) is 24.6 Å². The minimum atomic E-state index is 0.238. The number of nitrogens with zero attached hydrogens (tertiary/aromatic N) is 2. The van der Waals surface area contributed by atoms with Crippen molar-refractivity contribution in [2.75, 3.05) is 13.7 Å². The molecular formula is C16H22ClN3O. The summed E-state index contributed by atoms with van der Waals surface area (Å²) in [6, 6.07) is 6.05. The molecule has 21 heavy (non-hydrogen) atoms. The Balaban J connectivity index is 2.14. The van der Waals surface area contributed by atoms with E-state index in [1.54, 1.807) is 7.11 Å². The van der Waals surface area contributed by atoms with E-state index in [1.807, 2.05) is 36.1 Å². The van der Waals surface area contributed by atoms with Crippen LogP contribution in [-0.2, 0) is 13.5 Å². The summed E-state index contributed by atoms with van der Waals surface area (Å²) >= 11 is 6.04. The zero-order chi connectivity index (χ0) is 15.2. The van der Waals surface area contributed by atoms with E-state index in [0.29, 0.717) is 5.02 Å². The molecule has 0 radical (unpaired) electrons. The fourth-order valence-corrected chi connectivity index (χ4v) is 2.66. The first-order valence-electron chi connectivity index (χ1n) is 7.18. The van der Waals surface area contributed by atoms with Gasteiger partial charge in [0.25, 0.3) is 0 Å². The van der Waals surface area contributed by atoms with Crippen molar-refractivity contribution >= 4 is 11.6 Å². The van der Waals surface area contributed by atoms with Gasteiger partial charge in [-0.3, -0.25) is 4.68 Å². The van der Waals surface area contributed by atoms with Gasteiger partial charge in [0.05, 0.1) is 13.3 Å². The van der Waals surface area contributed by atoms with Crippen molar-refractivity contribution in [3.8, 4) is 5.75 Å². The van der Waals surface area contributed by atoms with E-state index in [4.69, 9.17) is 16.3 Å². The van der Waals surface area contributed by atoms with Crippen molar-refractivity contribution in [2.45, 2.75) is 25.8 Å². The summed E-state index contributed by atoms with van der Waals surface area (Å²) < 4.78 is 7.30. The van der Waals surface area contributed by atoms with Crippen molar-refractivity contribution < 1.29 is 4.74 Å². The smallest absolute Gasteiger partial charge is 0.125 e. The van der Waals surface area contributed by atoms with Gasteiger partial charge in [0, 0.05) is 29.9 Å². The van der Waals surface area contributed by atoms with Crippen molar-refractivity contribution in [3.63, 3.8) is 0 Å². The van der Waals surface area contributed by atoms with Gasteiger partial charge >= 0.3 is 0 Å². The van der Waals surface area contributed by atoms with E-state index in [1.165, 1.54) is 5.56 Å². The third kappa shape index (κ3) is 4.22. The molecule has 1 atom stereocenters. The van der Waals surface area contributed by atoms with Crippen molar-refractivity contribution in [3.05, 3.63) is 46.7 Å². The van der Waals surface area contributed by atoms with Gasteiger partial charge < -0.3 is 10.1 Å². The standard InChI is InChI=1S/C16H22ClN3O/c1-4-18-15(8-5-12-10-19-20(2)11-12)14-7-6-13(17)9-16(14)21-3/h6-7,9-11,15,18H,4-5,8H2,1-3H3. The molecule has 114 valence electrons. The van der Waals surface area contributed by atoms with E-state index in [2.05, 4.69) is 23.5 Å². The molecule has 5 heteroatoms. The number of aromatic nitrogens is 2. The maximum atomic E-state index is 6.04. The fraction of sp³-hybridized carbons (Fsp3) is 0.438. The first kappa shape index (κ1) is 15.9. The van der Waals surface area contributed by atoms with Gasteiger partial charge in [-0.15, -0.1) is 0 Å². The van der Waals surface area contributed by atoms with Crippen LogP contribution in [0, 0.1) is 0 Å². The molecule has 0 saturated heterocycles. The largest absolute Gasteiger partial charge is 0.496 e. The van der Waals surface area contributed by atoms with Crippen LogP contribution >= 0.6 is 11.6 Å². The lowest BCUT2D eigenvalue weighted by Gasteiger charge is -2.20. The maximum absolute atomic E-state index is 6.04. The highest BCUT2D eigenvalue weighted by molar-refractivity contribution is 6.30. The number of hydrogen-bond acceptors (Lipinski definition) is 3. The van der Waals surface area contributed by atoms with E-state index >= 15 is 0 Å². The Morgan fingerprint density at radius 1 is 1.43 bits per heavy atom. The van der Waals surface area contributed by atoms with Crippen molar-refractivity contribution in [1.82, 2.24) is 15.1 Å². The molecular weight excluding hydrogens is 286 g/mol. The third-order valence-electron chi connectivity index (χ3n) is 3.50. The molecule has 1 unspecified atom stereocenters. The van der Waals surface area contributed by atoms with Crippen LogP contribution in [-0.4, -0.2) is 23.4 Å². The minimum absolute atomic E-state index is 0.238. The molecule has 0 aliphatic rings. The zero-order valence-corrected chi connectivity index (χ0v) is 13.5. The second-order valence-corrected chi connectivity index (χ2v) is 5.49. The van der Waals surface area contributed by atoms with Crippen LogP contribution in [0.1, 0.15) is 30.5 Å². The molecule has 0 aliphatic heterocycles. The summed E-state index contributed by atoms with van der Waals surface area (Å²) in [5.41, 5.74) is 2.39. The van der Waals surface area contributed by atoms with E-state index in [0.717, 1.165) is 30.7 Å². The highest BCUT2D eigenvalue weighted by Gasteiger charge is 2.16. The zero-order valence-electron chi connectivity index (χ0n) is 12.8. The van der Waals surface area contributed by atoms with Crippen LogP contribution in [0.3, 0.4) is 0 Å². The normalized spacial score (nSPS) is 12.4. The Bertz CT molecular complexity index is 583. The van der Waals surface area contributed by atoms with Crippen molar-refractivity contribution in [1.29, 1.82) is 0 Å². The first-order valence-corrected chi connectivity index (χ1v) is 7.56. The molecule has 0 fully saturated rings. The quantitative estimate of drug-likeness (QED) is 0.852. The number of benzene rings is 1. The second-order valence-electron chi connectivity index (χ2n) is 5.06. The van der Waals surface area contributed by atoms with Gasteiger partial charge in [0.1, 0.15) is 5.75 Å². The predicted molar refractivity (Wildman–Crippen MR) is 86.0 cm³/mol. The molecule has 2 rings (SSSR count). The Kier molecular flexibility index (Phi) is 5.65. The van der Waals surface area contributed by atoms with Gasteiger partial charge in [-0.05, 0) is 37.1 Å². The first-order chi connectivity index (χ1) is 10.1. The lowest BCUT2D eigenvalue weighted by atomic mass is 9.99. The number of rotatable bonds is 7. The number of nitrogens with one attached hydrogen (secondary N) is 1. The number of ether oxygens (including phenoxy) is 1. The lowest BCUT2D eigenvalue weighted by Crippen LogP contribution is -2.22. The third-order valence-corrected chi connectivity index (χ3v) is 3.74. The minimum Gasteiger partial charge on any atom is -0.496 e. The molecule has 0 aliphatic carbocycles. The monoisotopic (exact) mass is 307 g/mol. The molecule has 1 N–H and O–H groups in total. The summed E-state index contributed by atoms with van der Waals surface area (Å²) in [7, 11) is 3.62. The summed E-state index contributed by atoms with van der Waals surface area (Å²) in [5, 5.41) is 8.43. The van der Waals surface area contributed by atoms with Gasteiger partial charge in [-0.2, -0.15) is 5.10 Å². The van der Waals surface area contributed by atoms with Gasteiger partial charge in [0.15, 0.2) is 0 Å². The van der Waals surface area contributed by atoms with Crippen LogP contribution < -0.4 is 10.1 Å². The number of hydrogen-bond donors (Lipinski definition) is 1. The van der Waals surface area contributed by atoms with E-state index in [-0.39, 0.29) is 6.04 Å². The molecule has 1 aromatic carbocycles. The summed E-state index contributed by atoms with van der Waals surface area (Å²) in [5.74, 6) is 0.833.